The van der Waals surface area contributed by atoms with Gasteiger partial charge >= 0.3 is 5.97 Å². The van der Waals surface area contributed by atoms with E-state index in [9.17, 15) is 4.79 Å². The van der Waals surface area contributed by atoms with Crippen molar-refractivity contribution in [1.82, 2.24) is 14.9 Å². The summed E-state index contributed by atoms with van der Waals surface area (Å²) in [6.07, 6.45) is 3.69. The Morgan fingerprint density at radius 2 is 2.04 bits per heavy atom. The van der Waals surface area contributed by atoms with Gasteiger partial charge in [0.25, 0.3) is 0 Å². The van der Waals surface area contributed by atoms with Crippen LogP contribution < -0.4 is 5.32 Å². The molecule has 5 nitrogen and oxygen atoms in total. The number of aromatic nitrogens is 2. The summed E-state index contributed by atoms with van der Waals surface area (Å²) < 4.78 is 7.40. The van der Waals surface area contributed by atoms with Crippen LogP contribution in [-0.4, -0.2) is 29.2 Å². The number of esters is 1. The van der Waals surface area contributed by atoms with E-state index in [0.717, 1.165) is 38.5 Å². The van der Waals surface area contributed by atoms with Crippen LogP contribution in [0.1, 0.15) is 23.0 Å². The predicted molar refractivity (Wildman–Crippen MR) is 112 cm³/mol. The average molecular weight is 373 g/mol. The number of pyridine rings is 1. The molecule has 0 aliphatic rings. The maximum atomic E-state index is 12.6. The standard InChI is InChI=1S/C23H23N3O2/c1-4-28-23(27)22-19-9-8-15(12-20(19)26(3)21(22)14-24-2)17-7-5-6-16-13-25-11-10-18(16)17/h5-13,24H,4,14H2,1-3H3. The molecule has 28 heavy (non-hydrogen) atoms. The number of carbonyl (C=O) groups excluding carboxylic acids is 1. The molecule has 2 aromatic carbocycles. The minimum atomic E-state index is -0.276. The first kappa shape index (κ1) is 18.2. The number of carbonyl (C=O) groups is 1. The van der Waals surface area contributed by atoms with Crippen LogP contribution >= 0.6 is 0 Å². The molecule has 0 saturated heterocycles. The minimum absolute atomic E-state index is 0.276. The average Bonchev–Trinajstić information content (AvgIpc) is 2.99. The number of rotatable bonds is 5. The van der Waals surface area contributed by atoms with Gasteiger partial charge in [-0.25, -0.2) is 4.79 Å². The van der Waals surface area contributed by atoms with Gasteiger partial charge in [0, 0.05) is 48.0 Å². The first-order chi connectivity index (χ1) is 13.7. The van der Waals surface area contributed by atoms with Crippen molar-refractivity contribution in [3.8, 4) is 11.1 Å². The Balaban J connectivity index is 1.94. The second kappa shape index (κ2) is 7.44. The van der Waals surface area contributed by atoms with Crippen LogP contribution in [0.15, 0.2) is 54.9 Å². The fourth-order valence-electron chi connectivity index (χ4n) is 3.84. The highest BCUT2D eigenvalue weighted by molar-refractivity contribution is 6.07. The van der Waals surface area contributed by atoms with Gasteiger partial charge in [0.1, 0.15) is 0 Å². The summed E-state index contributed by atoms with van der Waals surface area (Å²) in [7, 11) is 3.87. The second-order valence-corrected chi connectivity index (χ2v) is 6.77. The quantitative estimate of drug-likeness (QED) is 0.530. The van der Waals surface area contributed by atoms with Crippen molar-refractivity contribution in [2.24, 2.45) is 7.05 Å². The van der Waals surface area contributed by atoms with Crippen LogP contribution in [0.25, 0.3) is 32.8 Å². The molecule has 0 atom stereocenters. The second-order valence-electron chi connectivity index (χ2n) is 6.77. The maximum absolute atomic E-state index is 12.6. The zero-order valence-corrected chi connectivity index (χ0v) is 16.3. The lowest BCUT2D eigenvalue weighted by Crippen LogP contribution is -2.14. The Morgan fingerprint density at radius 3 is 2.82 bits per heavy atom. The number of ether oxygens (including phenoxy) is 1. The molecule has 0 unspecified atom stereocenters. The first-order valence-corrected chi connectivity index (χ1v) is 9.41. The van der Waals surface area contributed by atoms with Crippen LogP contribution in [-0.2, 0) is 18.3 Å². The fraction of sp³-hybridized carbons (Fsp3) is 0.217. The smallest absolute Gasteiger partial charge is 0.340 e. The van der Waals surface area contributed by atoms with Crippen molar-refractivity contribution in [3.05, 3.63) is 66.1 Å². The summed E-state index contributed by atoms with van der Waals surface area (Å²) in [6.45, 7) is 2.78. The van der Waals surface area contributed by atoms with E-state index in [4.69, 9.17) is 4.74 Å². The summed E-state index contributed by atoms with van der Waals surface area (Å²) in [5, 5.41) is 6.34. The molecule has 1 N–H and O–H groups in total. The van der Waals surface area contributed by atoms with Gasteiger partial charge < -0.3 is 14.6 Å². The van der Waals surface area contributed by atoms with Gasteiger partial charge in [-0.3, -0.25) is 4.98 Å². The predicted octanol–water partition coefficient (Wildman–Crippen LogP) is 4.29. The Kier molecular flexibility index (Phi) is 4.84. The zero-order valence-electron chi connectivity index (χ0n) is 16.3. The molecule has 0 spiro atoms. The van der Waals surface area contributed by atoms with Crippen molar-refractivity contribution in [1.29, 1.82) is 0 Å². The molecular weight excluding hydrogens is 350 g/mol. The third-order valence-corrected chi connectivity index (χ3v) is 5.14. The molecule has 5 heteroatoms. The Morgan fingerprint density at radius 1 is 1.18 bits per heavy atom. The molecule has 142 valence electrons. The minimum Gasteiger partial charge on any atom is -0.462 e. The van der Waals surface area contributed by atoms with Gasteiger partial charge in [-0.1, -0.05) is 30.3 Å². The maximum Gasteiger partial charge on any atom is 0.340 e. The van der Waals surface area contributed by atoms with Crippen molar-refractivity contribution in [3.63, 3.8) is 0 Å². The van der Waals surface area contributed by atoms with E-state index < -0.39 is 0 Å². The van der Waals surface area contributed by atoms with E-state index in [2.05, 4.69) is 39.1 Å². The molecule has 0 fully saturated rings. The summed E-state index contributed by atoms with van der Waals surface area (Å²) in [4.78, 5) is 16.8. The Hall–Kier alpha value is -3.18. The van der Waals surface area contributed by atoms with Gasteiger partial charge in [0.15, 0.2) is 0 Å². The van der Waals surface area contributed by atoms with Gasteiger partial charge in [0.2, 0.25) is 0 Å². The largest absolute Gasteiger partial charge is 0.462 e. The molecule has 4 aromatic rings. The Labute approximate surface area is 164 Å². The number of benzene rings is 2. The number of fused-ring (bicyclic) bond motifs is 2. The summed E-state index contributed by atoms with van der Waals surface area (Å²) in [6, 6.07) is 14.5. The molecule has 0 saturated carbocycles. The highest BCUT2D eigenvalue weighted by atomic mass is 16.5. The zero-order chi connectivity index (χ0) is 19.7. The fourth-order valence-corrected chi connectivity index (χ4v) is 3.84. The lowest BCUT2D eigenvalue weighted by atomic mass is 9.98. The number of nitrogens with one attached hydrogen (secondary N) is 1. The third kappa shape index (κ3) is 2.94. The van der Waals surface area contributed by atoms with Gasteiger partial charge in [-0.05, 0) is 42.6 Å². The normalized spacial score (nSPS) is 11.2. The van der Waals surface area contributed by atoms with Gasteiger partial charge in [-0.15, -0.1) is 0 Å². The number of aryl methyl sites for hydroxylation is 1. The van der Waals surface area contributed by atoms with E-state index in [-0.39, 0.29) is 5.97 Å². The van der Waals surface area contributed by atoms with E-state index in [1.54, 1.807) is 0 Å². The van der Waals surface area contributed by atoms with Gasteiger partial charge in [-0.2, -0.15) is 0 Å². The van der Waals surface area contributed by atoms with Crippen molar-refractivity contribution in [2.75, 3.05) is 13.7 Å². The van der Waals surface area contributed by atoms with E-state index in [0.29, 0.717) is 18.7 Å². The molecule has 0 bridgehead atoms. The molecule has 4 rings (SSSR count). The SMILES string of the molecule is CCOC(=O)c1c(CNC)n(C)c2cc(-c3cccc4cnccc34)ccc12. The van der Waals surface area contributed by atoms with E-state index >= 15 is 0 Å². The van der Waals surface area contributed by atoms with Crippen molar-refractivity contribution < 1.29 is 9.53 Å². The summed E-state index contributed by atoms with van der Waals surface area (Å²) in [5.41, 5.74) is 4.83. The molecule has 0 aliphatic heterocycles. The highest BCUT2D eigenvalue weighted by Crippen LogP contribution is 2.33. The van der Waals surface area contributed by atoms with Crippen molar-refractivity contribution in [2.45, 2.75) is 13.5 Å². The summed E-state index contributed by atoms with van der Waals surface area (Å²) >= 11 is 0. The molecule has 0 amide bonds. The number of hydrogen-bond donors (Lipinski definition) is 1. The van der Waals surface area contributed by atoms with Crippen LogP contribution in [0.2, 0.25) is 0 Å². The van der Waals surface area contributed by atoms with Crippen LogP contribution in [0.3, 0.4) is 0 Å². The summed E-state index contributed by atoms with van der Waals surface area (Å²) in [5.74, 6) is -0.276. The lowest BCUT2D eigenvalue weighted by molar-refractivity contribution is 0.0527. The number of nitrogens with zero attached hydrogens (tertiary/aromatic N) is 2. The molecule has 0 aliphatic carbocycles. The van der Waals surface area contributed by atoms with E-state index in [1.165, 1.54) is 0 Å². The number of hydrogen-bond acceptors (Lipinski definition) is 4. The van der Waals surface area contributed by atoms with Crippen LogP contribution in [0, 0.1) is 0 Å². The third-order valence-electron chi connectivity index (χ3n) is 5.14. The highest BCUT2D eigenvalue weighted by Gasteiger charge is 2.22. The van der Waals surface area contributed by atoms with Crippen LogP contribution in [0.5, 0.6) is 0 Å². The van der Waals surface area contributed by atoms with Crippen LogP contribution in [0.4, 0.5) is 0 Å². The topological polar surface area (TPSA) is 56.1 Å². The molecule has 0 radical (unpaired) electrons. The monoisotopic (exact) mass is 373 g/mol. The first-order valence-electron chi connectivity index (χ1n) is 9.41. The molecule has 2 aromatic heterocycles. The Bertz CT molecular complexity index is 1170. The molecular formula is C23H23N3O2. The molecule has 2 heterocycles. The lowest BCUT2D eigenvalue weighted by Gasteiger charge is -2.08. The van der Waals surface area contributed by atoms with Crippen molar-refractivity contribution >= 4 is 27.6 Å². The van der Waals surface area contributed by atoms with E-state index in [1.807, 2.05) is 51.6 Å². The van der Waals surface area contributed by atoms with Gasteiger partial charge in [0.05, 0.1) is 12.2 Å².